The van der Waals surface area contributed by atoms with Crippen molar-refractivity contribution in [1.29, 1.82) is 0 Å². The first-order chi connectivity index (χ1) is 15.4. The molecule has 0 aliphatic heterocycles. The molecule has 7 heteroatoms. The second-order valence-electron chi connectivity index (χ2n) is 6.93. The first-order valence-electron chi connectivity index (χ1n) is 9.68. The number of para-hydroxylation sites is 2. The van der Waals surface area contributed by atoms with E-state index in [0.29, 0.717) is 11.5 Å². The molecule has 0 spiro atoms. The van der Waals surface area contributed by atoms with Crippen molar-refractivity contribution in [2.75, 3.05) is 0 Å². The predicted molar refractivity (Wildman–Crippen MR) is 126 cm³/mol. The quantitative estimate of drug-likeness (QED) is 0.266. The smallest absolute Gasteiger partial charge is 0.201 e. The fraction of sp³-hybridized carbons (Fsp3) is 0. The Labute approximate surface area is 179 Å². The SMILES string of the molecule is c1ccc2c(c1)o[pH]oc1cccc(Oc3cccc4o[pH]oc5ccccc5c34)c12. The van der Waals surface area contributed by atoms with E-state index in [-0.39, 0.29) is 17.3 Å². The van der Waals surface area contributed by atoms with Gasteiger partial charge in [0.1, 0.15) is 33.8 Å². The molecule has 31 heavy (non-hydrogen) atoms. The summed E-state index contributed by atoms with van der Waals surface area (Å²) in [5, 5.41) is 3.59. The van der Waals surface area contributed by atoms with Crippen LogP contribution in [0, 0.1) is 0 Å². The predicted octanol–water partition coefficient (Wildman–Crippen LogP) is 8.78. The molecule has 0 saturated heterocycles. The Bertz CT molecular complexity index is 1510. The zero-order chi connectivity index (χ0) is 20.6. The first kappa shape index (κ1) is 18.3. The third kappa shape index (κ3) is 3.19. The molecule has 0 amide bonds. The molecule has 0 radical (unpaired) electrons. The molecule has 152 valence electrons. The highest BCUT2D eigenvalue weighted by Crippen LogP contribution is 2.40. The largest absolute Gasteiger partial charge is 0.456 e. The van der Waals surface area contributed by atoms with Crippen LogP contribution in [0.3, 0.4) is 0 Å². The van der Waals surface area contributed by atoms with Gasteiger partial charge in [-0.2, -0.15) is 0 Å². The van der Waals surface area contributed by atoms with Gasteiger partial charge in [0.2, 0.25) is 17.3 Å². The van der Waals surface area contributed by atoms with Gasteiger partial charge in [0.05, 0.1) is 10.8 Å². The van der Waals surface area contributed by atoms with Crippen molar-refractivity contribution in [3.05, 3.63) is 84.9 Å². The molecule has 0 aliphatic carbocycles. The van der Waals surface area contributed by atoms with Crippen LogP contribution in [0.4, 0.5) is 0 Å². The van der Waals surface area contributed by atoms with Gasteiger partial charge in [0.25, 0.3) is 0 Å². The van der Waals surface area contributed by atoms with Gasteiger partial charge in [-0.05, 0) is 36.4 Å². The van der Waals surface area contributed by atoms with Crippen LogP contribution >= 0.6 is 17.3 Å². The van der Waals surface area contributed by atoms with Crippen molar-refractivity contribution in [2.45, 2.75) is 0 Å². The zero-order valence-electron chi connectivity index (χ0n) is 16.1. The van der Waals surface area contributed by atoms with Crippen LogP contribution in [0.15, 0.2) is 102 Å². The molecule has 5 nitrogen and oxygen atoms in total. The third-order valence-corrected chi connectivity index (χ3v) is 6.33. The van der Waals surface area contributed by atoms with Gasteiger partial charge >= 0.3 is 0 Å². The minimum absolute atomic E-state index is 0.118. The van der Waals surface area contributed by atoms with Gasteiger partial charge in [0.15, 0.2) is 0 Å². The van der Waals surface area contributed by atoms with E-state index in [9.17, 15) is 0 Å². The maximum Gasteiger partial charge on any atom is 0.201 e. The molecule has 0 fully saturated rings. The van der Waals surface area contributed by atoms with Crippen LogP contribution < -0.4 is 4.74 Å². The summed E-state index contributed by atoms with van der Waals surface area (Å²) in [5.41, 5.74) is 2.99. The van der Waals surface area contributed by atoms with Crippen LogP contribution in [-0.4, -0.2) is 0 Å². The number of hydrogen-bond donors (Lipinski definition) is 0. The van der Waals surface area contributed by atoms with Crippen molar-refractivity contribution < 1.29 is 21.5 Å². The first-order valence-corrected chi connectivity index (χ1v) is 11.3. The summed E-state index contributed by atoms with van der Waals surface area (Å²) in [6, 6.07) is 27.3. The molecule has 2 unspecified atom stereocenters. The Morgan fingerprint density at radius 1 is 0.452 bits per heavy atom. The zero-order valence-corrected chi connectivity index (χ0v) is 18.1. The molecule has 6 rings (SSSR count). The van der Waals surface area contributed by atoms with Gasteiger partial charge in [0, 0.05) is 10.8 Å². The van der Waals surface area contributed by atoms with Gasteiger partial charge in [-0.1, -0.05) is 48.5 Å². The lowest BCUT2D eigenvalue weighted by molar-refractivity contribution is 0.493. The van der Waals surface area contributed by atoms with E-state index in [1.807, 2.05) is 84.9 Å². The average molecular weight is 446 g/mol. The maximum absolute atomic E-state index is 6.54. The molecular weight excluding hydrogens is 430 g/mol. The highest BCUT2D eigenvalue weighted by molar-refractivity contribution is 7.15. The van der Waals surface area contributed by atoms with Crippen molar-refractivity contribution >= 4 is 61.2 Å². The van der Waals surface area contributed by atoms with Gasteiger partial charge in [-0.25, -0.2) is 0 Å². The highest BCUT2D eigenvalue weighted by atomic mass is 31.1. The molecule has 0 N–H and O–H groups in total. The van der Waals surface area contributed by atoms with E-state index in [2.05, 4.69) is 0 Å². The number of rotatable bonds is 2. The van der Waals surface area contributed by atoms with Gasteiger partial charge in [-0.3, -0.25) is 0 Å². The summed E-state index contributed by atoms with van der Waals surface area (Å²) in [5.74, 6) is 1.36. The van der Waals surface area contributed by atoms with E-state index in [1.54, 1.807) is 0 Å². The van der Waals surface area contributed by atoms with E-state index >= 15 is 0 Å². The van der Waals surface area contributed by atoms with Gasteiger partial charge in [-0.15, -0.1) is 0 Å². The van der Waals surface area contributed by atoms with Crippen LogP contribution in [0.2, 0.25) is 0 Å². The van der Waals surface area contributed by atoms with Crippen LogP contribution in [0.25, 0.3) is 43.9 Å². The topological polar surface area (TPSA) is 61.8 Å². The summed E-state index contributed by atoms with van der Waals surface area (Å²) in [4.78, 5) is 0. The second kappa shape index (κ2) is 7.63. The Hall–Kier alpha value is -3.52. The summed E-state index contributed by atoms with van der Waals surface area (Å²) >= 11 is 0. The number of ether oxygens (including phenoxy) is 1. The molecule has 0 saturated carbocycles. The van der Waals surface area contributed by atoms with Crippen LogP contribution in [0.1, 0.15) is 0 Å². The Balaban J connectivity index is 1.68. The average Bonchev–Trinajstić information content (AvgIpc) is 3.12. The minimum Gasteiger partial charge on any atom is -0.456 e. The molecular formula is C24H16O5P2. The fourth-order valence-corrected chi connectivity index (χ4v) is 4.90. The van der Waals surface area contributed by atoms with Crippen LogP contribution in [0.5, 0.6) is 11.5 Å². The highest BCUT2D eigenvalue weighted by Gasteiger charge is 2.13. The normalized spacial score (nSPS) is 11.7. The van der Waals surface area contributed by atoms with E-state index in [4.69, 9.17) is 21.5 Å². The second-order valence-corrected chi connectivity index (χ2v) is 8.08. The van der Waals surface area contributed by atoms with E-state index in [0.717, 1.165) is 43.9 Å². The Morgan fingerprint density at radius 2 is 0.871 bits per heavy atom. The summed E-state index contributed by atoms with van der Waals surface area (Å²) in [6.07, 6.45) is 0. The van der Waals surface area contributed by atoms with Gasteiger partial charge < -0.3 is 21.5 Å². The molecule has 0 bridgehead atoms. The van der Waals surface area contributed by atoms with Crippen molar-refractivity contribution in [1.82, 2.24) is 0 Å². The molecule has 2 atom stereocenters. The number of benzene rings is 4. The number of hydrogen-bond acceptors (Lipinski definition) is 5. The molecule has 2 heterocycles. The Morgan fingerprint density at radius 3 is 1.39 bits per heavy atom. The summed E-state index contributed by atoms with van der Waals surface area (Å²) < 4.78 is 29.9. The lowest BCUT2D eigenvalue weighted by atomic mass is 10.1. The maximum atomic E-state index is 6.54. The monoisotopic (exact) mass is 446 g/mol. The van der Waals surface area contributed by atoms with Crippen molar-refractivity contribution in [2.24, 2.45) is 0 Å². The Kier molecular flexibility index (Phi) is 4.49. The summed E-state index contributed by atoms with van der Waals surface area (Å²) in [7, 11) is -0.237. The molecule has 4 aromatic carbocycles. The fourth-order valence-electron chi connectivity index (χ4n) is 3.76. The third-order valence-electron chi connectivity index (χ3n) is 5.12. The lowest BCUT2D eigenvalue weighted by Crippen LogP contribution is -1.87. The summed E-state index contributed by atoms with van der Waals surface area (Å²) in [6.45, 7) is 0. The minimum atomic E-state index is -0.118. The van der Waals surface area contributed by atoms with E-state index < -0.39 is 0 Å². The van der Waals surface area contributed by atoms with E-state index in [1.165, 1.54) is 0 Å². The lowest BCUT2D eigenvalue weighted by Gasteiger charge is -2.10. The number of fused-ring (bicyclic) bond motifs is 6. The van der Waals surface area contributed by atoms with Crippen molar-refractivity contribution in [3.63, 3.8) is 0 Å². The standard InChI is InChI=1S/C24H16O5P2/c1-3-9-17-15(7-1)23-19(11-5-13-21(23)28-30-26-17)25-20-12-6-14-22-24(20)16-8-2-4-10-18(16)27-31-29-22/h1-14,30-31H. The molecule has 6 aromatic rings. The molecule has 0 aliphatic rings. The van der Waals surface area contributed by atoms with Crippen molar-refractivity contribution in [3.8, 4) is 11.5 Å². The molecule has 2 aromatic heterocycles. The van der Waals surface area contributed by atoms with Crippen LogP contribution in [-0.2, 0) is 0 Å².